The summed E-state index contributed by atoms with van der Waals surface area (Å²) in [5, 5.41) is 48.5. The Labute approximate surface area is 573 Å². The predicted molar refractivity (Wildman–Crippen MR) is 384 cm³/mol. The van der Waals surface area contributed by atoms with Gasteiger partial charge in [0.25, 0.3) is 23.6 Å². The van der Waals surface area contributed by atoms with Gasteiger partial charge in [-0.15, -0.1) is 0 Å². The van der Waals surface area contributed by atoms with E-state index in [1.54, 1.807) is 114 Å². The Hall–Kier alpha value is -10.6. The molecule has 0 saturated heterocycles. The Morgan fingerprint density at radius 3 is 1.45 bits per heavy atom. The number of rotatable bonds is 17. The Bertz CT molecular complexity index is 5050. The van der Waals surface area contributed by atoms with Gasteiger partial charge in [-0.25, -0.2) is 44.9 Å². The van der Waals surface area contributed by atoms with Gasteiger partial charge in [-0.2, -0.15) is 0 Å². The van der Waals surface area contributed by atoms with Crippen molar-refractivity contribution in [3.05, 3.63) is 215 Å². The zero-order chi connectivity index (χ0) is 71.4. The molecule has 4 heterocycles. The Morgan fingerprint density at radius 1 is 0.536 bits per heavy atom. The average Bonchev–Trinajstić information content (AvgIpc) is 1.62. The van der Waals surface area contributed by atoms with Crippen LogP contribution in [0.4, 0.5) is 22.7 Å². The lowest BCUT2D eigenvalue weighted by Gasteiger charge is -2.17. The molecule has 530 valence electrons. The number of ether oxygens (including phenoxy) is 2. The van der Waals surface area contributed by atoms with Crippen LogP contribution in [0.5, 0.6) is 11.5 Å². The molecule has 0 aliphatic rings. The van der Waals surface area contributed by atoms with Crippen LogP contribution in [0.1, 0.15) is 105 Å². The molecule has 32 heteroatoms. The molecule has 4 aromatic heterocycles. The number of carbonyl (C=O) groups excluding carboxylic acids is 4. The largest absolute Gasteiger partial charge is 0.497 e. The van der Waals surface area contributed by atoms with Crippen molar-refractivity contribution in [2.45, 2.75) is 73.1 Å². The highest BCUT2D eigenvalue weighted by Gasteiger charge is 2.30. The molecule has 97 heavy (non-hydrogen) atoms. The number of furan rings is 2. The van der Waals surface area contributed by atoms with Crippen molar-refractivity contribution < 1.29 is 95.4 Å². The first kappa shape index (κ1) is 73.9. The summed E-state index contributed by atoms with van der Waals surface area (Å²) in [6, 6.07) is 40.5. The van der Waals surface area contributed by atoms with Gasteiger partial charge in [-0.1, -0.05) is 67.5 Å². The van der Waals surface area contributed by atoms with Crippen LogP contribution in [0.2, 0.25) is 0 Å². The quantitative estimate of drug-likeness (QED) is 0.0382. The fraction of sp³-hybridized carbons (Fsp3) is 0.154. The number of carbonyl (C=O) groups is 4. The summed E-state index contributed by atoms with van der Waals surface area (Å²) in [5.41, 5.74) is 4.85. The summed E-state index contributed by atoms with van der Waals surface area (Å²) in [4.78, 5) is 49.5. The van der Waals surface area contributed by atoms with Crippen LogP contribution in [-0.2, 0) is 51.8 Å². The van der Waals surface area contributed by atoms with E-state index in [-0.39, 0.29) is 81.0 Å². The van der Waals surface area contributed by atoms with Gasteiger partial charge >= 0.3 is 0 Å². The second-order valence-corrected chi connectivity index (χ2v) is 28.6. The number of amides is 4. The number of nitrogens with zero attached hydrogens (tertiary/aromatic N) is 2. The molecule has 28 nitrogen and oxygen atoms in total. The third-order valence-corrected chi connectivity index (χ3v) is 17.4. The summed E-state index contributed by atoms with van der Waals surface area (Å²) in [7, 11) is -11.3. The molecule has 0 bridgehead atoms. The number of methoxy groups -OCH3 is 2. The maximum atomic E-state index is 12.7. The van der Waals surface area contributed by atoms with Crippen LogP contribution >= 0.6 is 0 Å². The first-order chi connectivity index (χ1) is 45.5. The van der Waals surface area contributed by atoms with Gasteiger partial charge in [0.05, 0.1) is 62.6 Å². The van der Waals surface area contributed by atoms with Crippen molar-refractivity contribution >= 4 is 92.0 Å². The van der Waals surface area contributed by atoms with E-state index in [0.717, 1.165) is 11.1 Å². The summed E-state index contributed by atoms with van der Waals surface area (Å²) in [6.45, 7) is 10.6. The smallest absolute Gasteiger partial charge is 0.294 e. The Balaban J connectivity index is -0.000000644. The van der Waals surface area contributed by atoms with E-state index in [0.29, 0.717) is 67.5 Å². The third kappa shape index (κ3) is 20.0. The molecule has 0 spiro atoms. The van der Waals surface area contributed by atoms with Gasteiger partial charge in [0.1, 0.15) is 34.5 Å². The second kappa shape index (κ2) is 30.9. The number of hydrogen-bond donors (Lipinski definition) is 9. The van der Waals surface area contributed by atoms with Crippen molar-refractivity contribution in [2.24, 2.45) is 20.6 Å². The summed E-state index contributed by atoms with van der Waals surface area (Å²) in [5.74, 6) is 4.73. The van der Waals surface area contributed by atoms with E-state index in [9.17, 15) is 53.7 Å². The number of anilines is 4. The monoisotopic (exact) mass is 1420 g/mol. The number of sulfonamides is 3. The van der Waals surface area contributed by atoms with Crippen LogP contribution in [0, 0.1) is 20.8 Å². The molecule has 1 unspecified atom stereocenters. The lowest BCUT2D eigenvalue weighted by atomic mass is 9.89. The topological polar surface area (TPSA) is 457 Å². The molecule has 0 aliphatic heterocycles. The maximum absolute atomic E-state index is 12.7. The SMILES string of the molecule is C=S(N)(=O)c1cccc(NC(=O)c2c(C)coc2C)c1.COc1ccc(-c2cc(C(=O)Nc3cccc(S(N)(=O)=O)c3)on2)cc1.COc1cccc(-c2cc(C(=O)Nc3cccc(S(N)(=O)=O)c3)no2)c1.Cc1oc(C(C)(C)C)c(CO)c1C(=O)Nc1cccc(S(N)(=O)=O)c1.[HH].[HH].[HH].[HH].[HH].[HH].[HH].[HH].[HH].[HH]. The number of nitrogens with one attached hydrogen (secondary N) is 4. The molecule has 6 aromatic carbocycles. The van der Waals surface area contributed by atoms with Crippen molar-refractivity contribution in [3.8, 4) is 34.1 Å². The number of benzene rings is 6. The molecular formula is C65H88N10O18S4. The van der Waals surface area contributed by atoms with E-state index in [4.69, 9.17) is 47.9 Å². The van der Waals surface area contributed by atoms with Crippen molar-refractivity contribution in [1.29, 1.82) is 0 Å². The van der Waals surface area contributed by atoms with Gasteiger partial charge < -0.3 is 53.7 Å². The molecular weight excluding hydrogens is 1340 g/mol. The summed E-state index contributed by atoms with van der Waals surface area (Å²) >= 11 is 0. The maximum Gasteiger partial charge on any atom is 0.294 e. The normalized spacial score (nSPS) is 12.0. The van der Waals surface area contributed by atoms with Crippen LogP contribution in [0.3, 0.4) is 0 Å². The fourth-order valence-electron chi connectivity index (χ4n) is 8.95. The van der Waals surface area contributed by atoms with E-state index in [2.05, 4.69) is 37.5 Å². The van der Waals surface area contributed by atoms with E-state index in [1.807, 2.05) is 20.8 Å². The molecule has 10 rings (SSSR count). The number of aliphatic hydroxyl groups excluding tert-OH is 1. The summed E-state index contributed by atoms with van der Waals surface area (Å²) in [6.07, 6.45) is 1.53. The lowest BCUT2D eigenvalue weighted by molar-refractivity contribution is 0.0984. The average molecular weight is 1430 g/mol. The van der Waals surface area contributed by atoms with E-state index < -0.39 is 57.5 Å². The highest BCUT2D eigenvalue weighted by atomic mass is 32.2. The number of aliphatic hydroxyl groups is 1. The lowest BCUT2D eigenvalue weighted by Crippen LogP contribution is -2.18. The third-order valence-electron chi connectivity index (χ3n) is 13.6. The molecule has 0 aliphatic carbocycles. The standard InChI is InChI=1S/2C17H15N3O5S.C17H22N2O5S.C14H16N2O3S.10H2/c1-24-13-6-2-4-11(8-13)16-10-15(20-25-16)17(21)19-12-5-3-7-14(9-12)26(18,22)23;1-24-13-7-5-11(6-8-13)15-10-16(25-20-15)17(21)19-12-3-2-4-14(9-12)26(18,22)23;1-10-14(13(9-20)15(24-10)17(2,3)4)16(21)19-11-6-5-7-12(8-11)25(18,22)23;1-9-8-19-10(2)13(9)14(17)16-11-5-4-6-12(7-11)20(3,15)18;;;;;;;;;;/h2*2-10H,1H3,(H,19,21)(H2,18,22,23);5-8,20H,9H2,1-4H3,(H,19,21)(H2,18,22,23);4-8H,3H2,1-2H3,(H2,15,18)(H,16,17);10*1H. The van der Waals surface area contributed by atoms with Crippen LogP contribution in [0.15, 0.2) is 201 Å². The molecule has 13 N–H and O–H groups in total. The fourth-order valence-corrected chi connectivity index (χ4v) is 11.3. The number of aromatic nitrogens is 2. The number of primary sulfonamides is 3. The van der Waals surface area contributed by atoms with Crippen LogP contribution in [-0.4, -0.2) is 88.6 Å². The zero-order valence-electron chi connectivity index (χ0n) is 53.2. The van der Waals surface area contributed by atoms with Crippen molar-refractivity contribution in [1.82, 2.24) is 10.3 Å². The summed E-state index contributed by atoms with van der Waals surface area (Å²) < 4.78 is 111. The first-order valence-electron chi connectivity index (χ1n) is 28.4. The molecule has 4 amide bonds. The zero-order valence-corrected chi connectivity index (χ0v) is 56.5. The molecule has 0 fully saturated rings. The molecule has 10 aromatic rings. The van der Waals surface area contributed by atoms with Gasteiger partial charge in [-0.05, 0) is 136 Å². The van der Waals surface area contributed by atoms with Gasteiger partial charge in [0.15, 0.2) is 11.5 Å². The number of aryl methyl sites for hydroxylation is 3. The molecule has 1 atom stereocenters. The first-order valence-corrected chi connectivity index (χ1v) is 34.8. The minimum Gasteiger partial charge on any atom is -0.497 e. The Morgan fingerprint density at radius 2 is 1.00 bits per heavy atom. The van der Waals surface area contributed by atoms with Crippen LogP contribution in [0.25, 0.3) is 22.6 Å². The van der Waals surface area contributed by atoms with Gasteiger partial charge in [-0.3, -0.25) is 24.3 Å². The van der Waals surface area contributed by atoms with Crippen molar-refractivity contribution in [3.63, 3.8) is 0 Å². The molecule has 0 radical (unpaired) electrons. The predicted octanol–water partition coefficient (Wildman–Crippen LogP) is 11.3. The highest BCUT2D eigenvalue weighted by molar-refractivity contribution is 7.98. The Kier molecular flexibility index (Phi) is 23.5. The van der Waals surface area contributed by atoms with Gasteiger partial charge in [0, 0.05) is 81.7 Å². The highest BCUT2D eigenvalue weighted by Crippen LogP contribution is 2.34. The number of hydrogen-bond acceptors (Lipinski definition) is 20. The second-order valence-electron chi connectivity index (χ2n) is 22.0. The van der Waals surface area contributed by atoms with Crippen molar-refractivity contribution in [2.75, 3.05) is 35.5 Å². The minimum atomic E-state index is -3.87. The van der Waals surface area contributed by atoms with E-state index in [1.165, 1.54) is 85.1 Å². The number of nitrogens with two attached hydrogens (primary N) is 4. The minimum absolute atomic E-state index is 0. The van der Waals surface area contributed by atoms with Crippen LogP contribution < -0.4 is 51.3 Å². The van der Waals surface area contributed by atoms with Gasteiger partial charge in [0.2, 0.25) is 35.8 Å². The molecule has 0 saturated carbocycles. The van der Waals surface area contributed by atoms with E-state index >= 15 is 0 Å².